The number of amides is 3. The number of urea groups is 1. The quantitative estimate of drug-likeness (QED) is 0.861. The lowest BCUT2D eigenvalue weighted by atomic mass is 10.1. The number of aryl methyl sites for hydroxylation is 2. The minimum atomic E-state index is -0.173. The number of carbonyl (C=O) groups excluding carboxylic acids is 2. The third-order valence-electron chi connectivity index (χ3n) is 5.27. The van der Waals surface area contributed by atoms with Crippen molar-refractivity contribution in [1.29, 1.82) is 0 Å². The smallest absolute Gasteiger partial charge is 0.322 e. The number of hydrogen-bond donors (Lipinski definition) is 1. The Bertz CT molecular complexity index is 1030. The number of aromatic nitrogens is 2. The summed E-state index contributed by atoms with van der Waals surface area (Å²) in [7, 11) is 1.68. The molecule has 0 saturated carbocycles. The lowest BCUT2D eigenvalue weighted by Crippen LogP contribution is -2.30. The molecule has 8 heteroatoms. The Morgan fingerprint density at radius 1 is 1.19 bits per heavy atom. The summed E-state index contributed by atoms with van der Waals surface area (Å²) in [6, 6.07) is 5.20. The van der Waals surface area contributed by atoms with Gasteiger partial charge in [0.15, 0.2) is 0 Å². The van der Waals surface area contributed by atoms with Gasteiger partial charge in [-0.15, -0.1) is 0 Å². The van der Waals surface area contributed by atoms with E-state index in [1.54, 1.807) is 35.9 Å². The van der Waals surface area contributed by atoms with Crippen LogP contribution in [0, 0.1) is 13.8 Å². The zero-order valence-electron chi connectivity index (χ0n) is 15.6. The summed E-state index contributed by atoms with van der Waals surface area (Å²) in [5.74, 6) is 0.458. The summed E-state index contributed by atoms with van der Waals surface area (Å²) >= 11 is 0. The first kappa shape index (κ1) is 17.3. The average Bonchev–Trinajstić information content (AvgIpc) is 3.26. The minimum absolute atomic E-state index is 0.105. The Balaban J connectivity index is 1.64. The molecular formula is C19H21N5O3. The van der Waals surface area contributed by atoms with Crippen LogP contribution >= 0.6 is 0 Å². The highest BCUT2D eigenvalue weighted by molar-refractivity contribution is 5.99. The number of nitrogens with zero attached hydrogens (tertiary/aromatic N) is 4. The molecule has 3 heterocycles. The molecule has 0 atom stereocenters. The van der Waals surface area contributed by atoms with E-state index < -0.39 is 0 Å². The lowest BCUT2D eigenvalue weighted by Gasteiger charge is -2.20. The van der Waals surface area contributed by atoms with Crippen molar-refractivity contribution in [3.8, 4) is 0 Å². The zero-order valence-corrected chi connectivity index (χ0v) is 15.6. The number of benzene rings is 1. The SMILES string of the molecule is Cc1ccc(C(=O)N2Cc3nc(C)n(C)c(=O)c3C2)cc1N1CCNC1=O. The molecule has 4 rings (SSSR count). The van der Waals surface area contributed by atoms with Crippen molar-refractivity contribution in [2.75, 3.05) is 18.0 Å². The standard InChI is InChI=1S/C19H21N5O3/c1-11-4-5-13(8-16(11)24-7-6-20-19(24)27)17(25)23-9-14-15(10-23)21-12(2)22(3)18(14)26/h4-5,8H,6-7,9-10H2,1-3H3,(H,20,27). The number of hydrogen-bond acceptors (Lipinski definition) is 4. The Morgan fingerprint density at radius 2 is 1.96 bits per heavy atom. The van der Waals surface area contributed by atoms with Crippen LogP contribution in [0.5, 0.6) is 0 Å². The van der Waals surface area contributed by atoms with Gasteiger partial charge >= 0.3 is 6.03 Å². The van der Waals surface area contributed by atoms with Crippen molar-refractivity contribution >= 4 is 17.6 Å². The van der Waals surface area contributed by atoms with Crippen molar-refractivity contribution in [2.45, 2.75) is 26.9 Å². The summed E-state index contributed by atoms with van der Waals surface area (Å²) in [5.41, 5.74) is 3.29. The van der Waals surface area contributed by atoms with Crippen LogP contribution in [0.4, 0.5) is 10.5 Å². The van der Waals surface area contributed by atoms with Gasteiger partial charge in [-0.1, -0.05) is 6.07 Å². The second kappa shape index (κ2) is 6.22. The number of carbonyl (C=O) groups is 2. The molecule has 0 spiro atoms. The molecule has 27 heavy (non-hydrogen) atoms. The number of anilines is 1. The van der Waals surface area contributed by atoms with Gasteiger partial charge in [-0.05, 0) is 31.5 Å². The summed E-state index contributed by atoms with van der Waals surface area (Å²) in [4.78, 5) is 45.2. The Morgan fingerprint density at radius 3 is 2.67 bits per heavy atom. The van der Waals surface area contributed by atoms with E-state index in [1.807, 2.05) is 13.0 Å². The average molecular weight is 367 g/mol. The predicted octanol–water partition coefficient (Wildman–Crippen LogP) is 1.08. The monoisotopic (exact) mass is 367 g/mol. The molecule has 8 nitrogen and oxygen atoms in total. The van der Waals surface area contributed by atoms with Crippen LogP contribution in [0.25, 0.3) is 0 Å². The van der Waals surface area contributed by atoms with E-state index in [2.05, 4.69) is 10.3 Å². The van der Waals surface area contributed by atoms with Gasteiger partial charge in [-0.25, -0.2) is 9.78 Å². The minimum Gasteiger partial charge on any atom is -0.336 e. The molecule has 1 saturated heterocycles. The van der Waals surface area contributed by atoms with Gasteiger partial charge in [0, 0.05) is 31.4 Å². The van der Waals surface area contributed by atoms with Crippen LogP contribution in [0.15, 0.2) is 23.0 Å². The second-order valence-electron chi connectivity index (χ2n) is 6.99. The van der Waals surface area contributed by atoms with Crippen LogP contribution in [-0.4, -0.2) is 39.5 Å². The molecule has 1 fully saturated rings. The van der Waals surface area contributed by atoms with Gasteiger partial charge in [0.05, 0.1) is 24.3 Å². The van der Waals surface area contributed by atoms with E-state index >= 15 is 0 Å². The second-order valence-corrected chi connectivity index (χ2v) is 6.99. The molecule has 3 amide bonds. The molecule has 1 aromatic heterocycles. The van der Waals surface area contributed by atoms with Crippen LogP contribution in [0.3, 0.4) is 0 Å². The molecule has 2 aliphatic heterocycles. The molecule has 1 N–H and O–H groups in total. The molecule has 0 unspecified atom stereocenters. The van der Waals surface area contributed by atoms with Crippen molar-refractivity contribution < 1.29 is 9.59 Å². The number of nitrogens with one attached hydrogen (secondary N) is 1. The fraction of sp³-hybridized carbons (Fsp3) is 0.368. The molecule has 0 radical (unpaired) electrons. The highest BCUT2D eigenvalue weighted by Gasteiger charge is 2.30. The molecule has 0 bridgehead atoms. The van der Waals surface area contributed by atoms with Gasteiger partial charge in [-0.2, -0.15) is 0 Å². The van der Waals surface area contributed by atoms with Gasteiger partial charge in [0.2, 0.25) is 0 Å². The first-order valence-electron chi connectivity index (χ1n) is 8.87. The van der Waals surface area contributed by atoms with Crippen LogP contribution < -0.4 is 15.8 Å². The molecule has 1 aromatic carbocycles. The van der Waals surface area contributed by atoms with Gasteiger partial charge in [-0.3, -0.25) is 19.1 Å². The maximum Gasteiger partial charge on any atom is 0.322 e. The first-order valence-corrected chi connectivity index (χ1v) is 8.87. The van der Waals surface area contributed by atoms with E-state index in [0.29, 0.717) is 42.3 Å². The number of rotatable bonds is 2. The summed E-state index contributed by atoms with van der Waals surface area (Å²) in [5, 5.41) is 2.77. The molecular weight excluding hydrogens is 346 g/mol. The van der Waals surface area contributed by atoms with Crippen LogP contribution in [-0.2, 0) is 20.1 Å². The maximum absolute atomic E-state index is 13.0. The molecule has 2 aromatic rings. The molecule has 0 aliphatic carbocycles. The highest BCUT2D eigenvalue weighted by atomic mass is 16.2. The molecule has 140 valence electrons. The van der Waals surface area contributed by atoms with Crippen molar-refractivity contribution in [2.24, 2.45) is 7.05 Å². The first-order chi connectivity index (χ1) is 12.9. The van der Waals surface area contributed by atoms with Gasteiger partial charge < -0.3 is 10.2 Å². The predicted molar refractivity (Wildman–Crippen MR) is 99.7 cm³/mol. The highest BCUT2D eigenvalue weighted by Crippen LogP contribution is 2.26. The fourth-order valence-electron chi connectivity index (χ4n) is 3.59. The summed E-state index contributed by atoms with van der Waals surface area (Å²) in [6.07, 6.45) is 0. The lowest BCUT2D eigenvalue weighted by molar-refractivity contribution is 0.0750. The van der Waals surface area contributed by atoms with E-state index in [4.69, 9.17) is 0 Å². The van der Waals surface area contributed by atoms with Crippen molar-refractivity contribution in [3.63, 3.8) is 0 Å². The zero-order chi connectivity index (χ0) is 19.3. The Hall–Kier alpha value is -3.16. The van der Waals surface area contributed by atoms with Crippen molar-refractivity contribution in [3.05, 3.63) is 56.8 Å². The van der Waals surface area contributed by atoms with Crippen LogP contribution in [0.2, 0.25) is 0 Å². The molecule has 2 aliphatic rings. The topological polar surface area (TPSA) is 87.5 Å². The Labute approximate surface area is 156 Å². The van der Waals surface area contributed by atoms with Gasteiger partial charge in [0.25, 0.3) is 11.5 Å². The fourth-order valence-corrected chi connectivity index (χ4v) is 3.59. The summed E-state index contributed by atoms with van der Waals surface area (Å²) in [6.45, 7) is 5.43. The van der Waals surface area contributed by atoms with E-state index in [1.165, 1.54) is 4.57 Å². The normalized spacial score (nSPS) is 15.9. The Kier molecular flexibility index (Phi) is 3.98. The third-order valence-corrected chi connectivity index (χ3v) is 5.27. The number of fused-ring (bicyclic) bond motifs is 1. The van der Waals surface area contributed by atoms with E-state index in [-0.39, 0.29) is 24.0 Å². The largest absolute Gasteiger partial charge is 0.336 e. The van der Waals surface area contributed by atoms with Crippen LogP contribution in [0.1, 0.15) is 33.0 Å². The van der Waals surface area contributed by atoms with Crippen molar-refractivity contribution in [1.82, 2.24) is 19.8 Å². The third kappa shape index (κ3) is 2.77. The van der Waals surface area contributed by atoms with Gasteiger partial charge in [0.1, 0.15) is 5.82 Å². The maximum atomic E-state index is 13.0. The van der Waals surface area contributed by atoms with E-state index in [0.717, 1.165) is 11.3 Å². The summed E-state index contributed by atoms with van der Waals surface area (Å²) < 4.78 is 1.50. The van der Waals surface area contributed by atoms with E-state index in [9.17, 15) is 14.4 Å².